The Morgan fingerprint density at radius 2 is 1.64 bits per heavy atom. The fraction of sp³-hybridized carbons (Fsp3) is 0.286. The zero-order valence-corrected chi connectivity index (χ0v) is 23.7. The van der Waals surface area contributed by atoms with Crippen molar-refractivity contribution in [2.75, 3.05) is 13.2 Å². The van der Waals surface area contributed by atoms with Crippen LogP contribution in [0.3, 0.4) is 0 Å². The maximum atomic E-state index is 14.2. The second-order valence-corrected chi connectivity index (χ2v) is 10.7. The lowest BCUT2D eigenvalue weighted by Gasteiger charge is -2.24. The molecule has 0 bridgehead atoms. The van der Waals surface area contributed by atoms with Gasteiger partial charge >= 0.3 is 6.09 Å². The summed E-state index contributed by atoms with van der Waals surface area (Å²) in [4.78, 5) is 42.3. The van der Waals surface area contributed by atoms with E-state index in [1.807, 2.05) is 91.9 Å². The molecular formula is C35H35NO6. The van der Waals surface area contributed by atoms with Crippen molar-refractivity contribution in [1.29, 1.82) is 0 Å². The molecule has 1 saturated heterocycles. The molecule has 0 saturated carbocycles. The number of aliphatic hydroxyl groups excluding tert-OH is 1. The number of nitrogens with zero attached hydrogens (tertiary/aromatic N) is 1. The molecule has 1 aliphatic heterocycles. The number of unbranched alkanes of at least 4 members (excludes halogenated alkanes) is 1. The third kappa shape index (κ3) is 6.69. The van der Waals surface area contributed by atoms with Gasteiger partial charge in [-0.2, -0.15) is 0 Å². The zero-order valence-electron chi connectivity index (χ0n) is 23.7. The monoisotopic (exact) mass is 565 g/mol. The molecule has 1 aromatic heterocycles. The van der Waals surface area contributed by atoms with Gasteiger partial charge in [0.1, 0.15) is 18.3 Å². The Balaban J connectivity index is 1.49. The standard InChI is InChI=1S/C35H35NO6/c1-24-11-10-16-27(19-24)29-22-32(42-31(29)17-8-9-18-37)33(38)30(21-26-14-6-3-7-15-26)34(39)36-28(23-41-35(36)40)20-25-12-4-2-5-13-25/h2-7,10-16,19,22,28,30,37H,8-9,17-18,20-21,23H2,1H3/t28-,30+/m1/s1. The summed E-state index contributed by atoms with van der Waals surface area (Å²) in [6, 6.07) is 28.0. The molecule has 0 radical (unpaired) electrons. The number of hydrogen-bond acceptors (Lipinski definition) is 6. The molecule has 216 valence electrons. The first-order valence-corrected chi connectivity index (χ1v) is 14.4. The maximum Gasteiger partial charge on any atom is 0.417 e. The fourth-order valence-corrected chi connectivity index (χ4v) is 5.44. The van der Waals surface area contributed by atoms with Gasteiger partial charge in [-0.1, -0.05) is 90.5 Å². The lowest BCUT2D eigenvalue weighted by atomic mass is 9.91. The van der Waals surface area contributed by atoms with E-state index in [0.29, 0.717) is 31.4 Å². The van der Waals surface area contributed by atoms with Crippen LogP contribution in [0.25, 0.3) is 11.1 Å². The summed E-state index contributed by atoms with van der Waals surface area (Å²) in [5.74, 6) is -1.55. The Labute approximate surface area is 245 Å². The predicted octanol–water partition coefficient (Wildman–Crippen LogP) is 6.20. The van der Waals surface area contributed by atoms with Gasteiger partial charge in [0.25, 0.3) is 0 Å². The van der Waals surface area contributed by atoms with Crippen molar-refractivity contribution in [3.05, 3.63) is 119 Å². The first-order chi connectivity index (χ1) is 20.4. The van der Waals surface area contributed by atoms with E-state index in [0.717, 1.165) is 32.7 Å². The third-order valence-corrected chi connectivity index (χ3v) is 7.60. The minimum absolute atomic E-state index is 0.0655. The number of furan rings is 1. The molecular weight excluding hydrogens is 530 g/mol. The van der Waals surface area contributed by atoms with Gasteiger partial charge in [0.2, 0.25) is 11.7 Å². The number of hydrogen-bond donors (Lipinski definition) is 1. The summed E-state index contributed by atoms with van der Waals surface area (Å²) in [5, 5.41) is 9.31. The smallest absolute Gasteiger partial charge is 0.417 e. The highest BCUT2D eigenvalue weighted by Gasteiger charge is 2.44. The van der Waals surface area contributed by atoms with Crippen LogP contribution in [0.4, 0.5) is 4.79 Å². The van der Waals surface area contributed by atoms with Crippen molar-refractivity contribution in [1.82, 2.24) is 4.90 Å². The van der Waals surface area contributed by atoms with Crippen molar-refractivity contribution in [3.8, 4) is 11.1 Å². The van der Waals surface area contributed by atoms with Crippen LogP contribution in [0.5, 0.6) is 0 Å². The Bertz CT molecular complexity index is 1530. The molecule has 0 unspecified atom stereocenters. The normalized spacial score (nSPS) is 15.4. The molecule has 2 atom stereocenters. The third-order valence-electron chi connectivity index (χ3n) is 7.60. The van der Waals surface area contributed by atoms with Gasteiger partial charge in [-0.25, -0.2) is 9.69 Å². The number of cyclic esters (lactones) is 1. The molecule has 0 spiro atoms. The molecule has 2 amide bonds. The molecule has 3 aromatic carbocycles. The minimum Gasteiger partial charge on any atom is -0.457 e. The van der Waals surface area contributed by atoms with E-state index in [1.54, 1.807) is 6.07 Å². The number of ether oxygens (including phenoxy) is 1. The van der Waals surface area contributed by atoms with Crippen molar-refractivity contribution in [3.63, 3.8) is 0 Å². The molecule has 0 aliphatic carbocycles. The molecule has 1 aliphatic rings. The predicted molar refractivity (Wildman–Crippen MR) is 159 cm³/mol. The Hall–Kier alpha value is -4.49. The Morgan fingerprint density at radius 3 is 2.33 bits per heavy atom. The van der Waals surface area contributed by atoms with E-state index in [4.69, 9.17) is 9.15 Å². The van der Waals surface area contributed by atoms with Gasteiger partial charge in [-0.05, 0) is 55.4 Å². The molecule has 42 heavy (non-hydrogen) atoms. The van der Waals surface area contributed by atoms with E-state index in [2.05, 4.69) is 0 Å². The van der Waals surface area contributed by atoms with Crippen LogP contribution >= 0.6 is 0 Å². The number of carbonyl (C=O) groups is 3. The van der Waals surface area contributed by atoms with Crippen LogP contribution in [0.2, 0.25) is 0 Å². The van der Waals surface area contributed by atoms with Crippen LogP contribution < -0.4 is 0 Å². The van der Waals surface area contributed by atoms with Crippen molar-refractivity contribution in [2.24, 2.45) is 5.92 Å². The Kier molecular flexibility index (Phi) is 9.29. The van der Waals surface area contributed by atoms with Gasteiger partial charge in [0.05, 0.1) is 6.04 Å². The summed E-state index contributed by atoms with van der Waals surface area (Å²) >= 11 is 0. The highest BCUT2D eigenvalue weighted by Crippen LogP contribution is 2.32. The number of benzene rings is 3. The van der Waals surface area contributed by atoms with Crippen molar-refractivity contribution in [2.45, 2.75) is 45.1 Å². The van der Waals surface area contributed by atoms with Gasteiger partial charge in [-0.15, -0.1) is 0 Å². The largest absolute Gasteiger partial charge is 0.457 e. The van der Waals surface area contributed by atoms with Gasteiger partial charge in [0, 0.05) is 18.6 Å². The average Bonchev–Trinajstić information content (AvgIpc) is 3.60. The van der Waals surface area contributed by atoms with Crippen LogP contribution in [0.15, 0.2) is 95.4 Å². The fourth-order valence-electron chi connectivity index (χ4n) is 5.44. The number of ketones is 1. The second-order valence-electron chi connectivity index (χ2n) is 10.7. The quantitative estimate of drug-likeness (QED) is 0.125. The molecule has 1 N–H and O–H groups in total. The topological polar surface area (TPSA) is 97.1 Å². The van der Waals surface area contributed by atoms with E-state index < -0.39 is 29.7 Å². The van der Waals surface area contributed by atoms with Gasteiger partial charge in [-0.3, -0.25) is 9.59 Å². The highest BCUT2D eigenvalue weighted by molar-refractivity contribution is 6.12. The molecule has 5 rings (SSSR count). The number of rotatable bonds is 12. The Morgan fingerprint density at radius 1 is 0.929 bits per heavy atom. The first-order valence-electron chi connectivity index (χ1n) is 14.4. The van der Waals surface area contributed by atoms with Crippen molar-refractivity contribution < 1.29 is 28.6 Å². The highest BCUT2D eigenvalue weighted by atomic mass is 16.6. The molecule has 7 nitrogen and oxygen atoms in total. The molecule has 4 aromatic rings. The van der Waals surface area contributed by atoms with Gasteiger partial charge < -0.3 is 14.3 Å². The second kappa shape index (κ2) is 13.4. The number of aryl methyl sites for hydroxylation is 2. The molecule has 2 heterocycles. The van der Waals surface area contributed by atoms with E-state index in [-0.39, 0.29) is 25.4 Å². The van der Waals surface area contributed by atoms with E-state index >= 15 is 0 Å². The zero-order chi connectivity index (χ0) is 29.5. The number of imide groups is 1. The number of Topliss-reactive ketones (excluding diaryl/α,β-unsaturated/α-hetero) is 1. The molecule has 1 fully saturated rings. The number of carbonyl (C=O) groups excluding carboxylic acids is 3. The summed E-state index contributed by atoms with van der Waals surface area (Å²) in [6.07, 6.45) is 1.62. The van der Waals surface area contributed by atoms with Crippen LogP contribution in [-0.4, -0.2) is 47.0 Å². The lowest BCUT2D eigenvalue weighted by molar-refractivity contribution is -0.131. The van der Waals surface area contributed by atoms with Crippen LogP contribution in [0.1, 0.15) is 45.8 Å². The van der Waals surface area contributed by atoms with Crippen LogP contribution in [0, 0.1) is 12.8 Å². The number of aliphatic hydroxyl groups is 1. The summed E-state index contributed by atoms with van der Waals surface area (Å²) < 4.78 is 11.5. The van der Waals surface area contributed by atoms with Gasteiger partial charge in [0.15, 0.2) is 5.76 Å². The summed E-state index contributed by atoms with van der Waals surface area (Å²) in [6.45, 7) is 2.13. The van der Waals surface area contributed by atoms with Crippen molar-refractivity contribution >= 4 is 17.8 Å². The first kappa shape index (κ1) is 29.0. The van der Waals surface area contributed by atoms with E-state index in [1.165, 1.54) is 0 Å². The lowest BCUT2D eigenvalue weighted by Crippen LogP contribution is -2.46. The maximum absolute atomic E-state index is 14.2. The van der Waals surface area contributed by atoms with E-state index in [9.17, 15) is 19.5 Å². The average molecular weight is 566 g/mol. The summed E-state index contributed by atoms with van der Waals surface area (Å²) in [7, 11) is 0. The SMILES string of the molecule is Cc1cccc(-c2cc(C(=O)[C@H](Cc3ccccc3)C(=O)N3C(=O)OC[C@H]3Cc3ccccc3)oc2CCCCO)c1. The summed E-state index contributed by atoms with van der Waals surface area (Å²) in [5.41, 5.74) is 4.52. The molecule has 7 heteroatoms. The minimum atomic E-state index is -1.18. The van der Waals surface area contributed by atoms with Crippen LogP contribution in [-0.2, 0) is 28.8 Å². The number of amides is 2.